The molecule has 234 valence electrons. The van der Waals surface area contributed by atoms with Gasteiger partial charge in [0.15, 0.2) is 0 Å². The quantitative estimate of drug-likeness (QED) is 0.371. The fourth-order valence-corrected chi connectivity index (χ4v) is 8.08. The smallest absolute Gasteiger partial charge is 0.227 e. The van der Waals surface area contributed by atoms with Gasteiger partial charge >= 0.3 is 0 Å². The van der Waals surface area contributed by atoms with Gasteiger partial charge in [-0.15, -0.1) is 0 Å². The molecule has 0 bridgehead atoms. The summed E-state index contributed by atoms with van der Waals surface area (Å²) in [5.41, 5.74) is 3.24. The van der Waals surface area contributed by atoms with E-state index in [9.17, 15) is 14.0 Å². The van der Waals surface area contributed by atoms with Gasteiger partial charge in [0.05, 0.1) is 5.92 Å². The number of hydrogen-bond donors (Lipinski definition) is 0. The van der Waals surface area contributed by atoms with Crippen LogP contribution in [0.5, 0.6) is 0 Å². The summed E-state index contributed by atoms with van der Waals surface area (Å²) in [6.45, 7) is 16.5. The van der Waals surface area contributed by atoms with Gasteiger partial charge in [0.25, 0.3) is 0 Å². The molecule has 43 heavy (non-hydrogen) atoms. The summed E-state index contributed by atoms with van der Waals surface area (Å²) < 4.78 is 28.8. The van der Waals surface area contributed by atoms with Crippen LogP contribution in [-0.4, -0.2) is 70.8 Å². The highest BCUT2D eigenvalue weighted by Crippen LogP contribution is 2.57. The van der Waals surface area contributed by atoms with Gasteiger partial charge in [0, 0.05) is 74.2 Å². The second kappa shape index (κ2) is 11.1. The number of piperidine rings is 1. The fraction of sp³-hybridized carbons (Fsp3) is 0.600. The Morgan fingerprint density at radius 1 is 1.00 bits per heavy atom. The van der Waals surface area contributed by atoms with Crippen molar-refractivity contribution in [1.29, 1.82) is 0 Å². The van der Waals surface area contributed by atoms with Crippen molar-refractivity contribution in [3.05, 3.63) is 69.2 Å². The molecule has 3 atom stereocenters. The number of likely N-dealkylation sites (tertiary alicyclic amines) is 2. The molecule has 3 aliphatic rings. The molecule has 0 aromatic heterocycles. The Kier molecular flexibility index (Phi) is 8.26. The van der Waals surface area contributed by atoms with Gasteiger partial charge in [-0.25, -0.2) is 8.78 Å². The van der Waals surface area contributed by atoms with E-state index in [1.807, 2.05) is 23.8 Å². The van der Waals surface area contributed by atoms with E-state index in [-0.39, 0.29) is 34.6 Å². The van der Waals surface area contributed by atoms with Crippen LogP contribution in [0, 0.1) is 24.5 Å². The third-order valence-electron chi connectivity index (χ3n) is 11.0. The van der Waals surface area contributed by atoms with Gasteiger partial charge in [-0.2, -0.15) is 0 Å². The van der Waals surface area contributed by atoms with Crippen molar-refractivity contribution in [3.8, 4) is 0 Å². The van der Waals surface area contributed by atoms with E-state index in [1.54, 1.807) is 6.92 Å². The van der Waals surface area contributed by atoms with Crippen molar-refractivity contribution in [3.63, 3.8) is 0 Å². The Morgan fingerprint density at radius 2 is 1.65 bits per heavy atom. The fourth-order valence-electron chi connectivity index (χ4n) is 7.91. The van der Waals surface area contributed by atoms with E-state index < -0.39 is 23.1 Å². The van der Waals surface area contributed by atoms with Gasteiger partial charge in [-0.3, -0.25) is 14.5 Å². The number of rotatable bonds is 4. The first-order valence-corrected chi connectivity index (χ1v) is 15.9. The Hall–Kier alpha value is -2.51. The SMILES string of the molecule is CC(=O)N(C)C(C)(C)[C@H]1CC2(CCN(C(=O)[C@@H]3CN(C(C)(C)C)C[C@H]3c3ccc(F)cc3F)CC2)c2cc(C)c(Cl)cc21. The summed E-state index contributed by atoms with van der Waals surface area (Å²) >= 11 is 6.66. The van der Waals surface area contributed by atoms with E-state index in [2.05, 4.69) is 51.7 Å². The predicted molar refractivity (Wildman–Crippen MR) is 167 cm³/mol. The highest BCUT2D eigenvalue weighted by Gasteiger charge is 2.52. The number of aryl methyl sites for hydroxylation is 1. The molecular formula is C35H46ClF2N3O2. The monoisotopic (exact) mass is 613 g/mol. The molecule has 0 unspecified atom stereocenters. The van der Waals surface area contributed by atoms with E-state index in [0.717, 1.165) is 35.9 Å². The van der Waals surface area contributed by atoms with Crippen molar-refractivity contribution in [1.82, 2.24) is 14.7 Å². The topological polar surface area (TPSA) is 43.9 Å². The summed E-state index contributed by atoms with van der Waals surface area (Å²) in [6.07, 6.45) is 2.52. The molecule has 0 saturated carbocycles. The number of fused-ring (bicyclic) bond motifs is 2. The normalized spacial score (nSPS) is 24.0. The van der Waals surface area contributed by atoms with E-state index in [0.29, 0.717) is 31.7 Å². The van der Waals surface area contributed by atoms with Gasteiger partial charge in [0.2, 0.25) is 11.8 Å². The molecule has 2 aliphatic heterocycles. The highest BCUT2D eigenvalue weighted by atomic mass is 35.5. The maximum atomic E-state index is 15.0. The number of benzene rings is 2. The van der Waals surface area contributed by atoms with Crippen LogP contribution < -0.4 is 0 Å². The third kappa shape index (κ3) is 5.61. The van der Waals surface area contributed by atoms with Gasteiger partial charge in [-0.1, -0.05) is 23.7 Å². The molecular weight excluding hydrogens is 568 g/mol. The Labute approximate surface area is 260 Å². The van der Waals surface area contributed by atoms with Crippen molar-refractivity contribution in [2.45, 2.75) is 96.1 Å². The number of halogens is 3. The lowest BCUT2D eigenvalue weighted by atomic mass is 9.71. The zero-order valence-corrected chi connectivity index (χ0v) is 27.6. The maximum absolute atomic E-state index is 15.0. The Bertz CT molecular complexity index is 1430. The molecule has 1 aliphatic carbocycles. The summed E-state index contributed by atoms with van der Waals surface area (Å²) in [4.78, 5) is 32.7. The van der Waals surface area contributed by atoms with Crippen molar-refractivity contribution >= 4 is 23.4 Å². The summed E-state index contributed by atoms with van der Waals surface area (Å²) in [7, 11) is 1.87. The molecule has 2 aromatic rings. The third-order valence-corrected chi connectivity index (χ3v) is 11.4. The average Bonchev–Trinajstić information content (AvgIpc) is 3.50. The van der Waals surface area contributed by atoms with Crippen LogP contribution in [0.2, 0.25) is 5.02 Å². The van der Waals surface area contributed by atoms with Crippen LogP contribution in [0.3, 0.4) is 0 Å². The van der Waals surface area contributed by atoms with Crippen LogP contribution >= 0.6 is 11.6 Å². The molecule has 0 N–H and O–H groups in total. The van der Waals surface area contributed by atoms with Crippen LogP contribution in [0.4, 0.5) is 8.78 Å². The van der Waals surface area contributed by atoms with Gasteiger partial charge in [-0.05, 0) is 101 Å². The van der Waals surface area contributed by atoms with E-state index >= 15 is 4.39 Å². The molecule has 5 nitrogen and oxygen atoms in total. The second-order valence-corrected chi connectivity index (χ2v) is 15.1. The molecule has 5 rings (SSSR count). The van der Waals surface area contributed by atoms with Crippen LogP contribution in [-0.2, 0) is 15.0 Å². The Morgan fingerprint density at radius 3 is 2.23 bits per heavy atom. The molecule has 2 aromatic carbocycles. The zero-order chi connectivity index (χ0) is 31.6. The molecule has 2 saturated heterocycles. The molecule has 2 heterocycles. The van der Waals surface area contributed by atoms with E-state index in [4.69, 9.17) is 11.6 Å². The van der Waals surface area contributed by atoms with Crippen molar-refractivity contribution < 1.29 is 18.4 Å². The number of carbonyl (C=O) groups is 2. The second-order valence-electron chi connectivity index (χ2n) is 14.7. The number of likely N-dealkylation sites (N-methyl/N-ethyl adjacent to an activating group) is 1. The summed E-state index contributed by atoms with van der Waals surface area (Å²) in [5.74, 6) is -1.75. The first-order valence-electron chi connectivity index (χ1n) is 15.5. The molecule has 8 heteroatoms. The standard InChI is InChI=1S/C35H46ClF2N3O2/c1-21-15-28-25(17-30(21)36)29(34(6,7)39(8)22(2)42)18-35(28)11-13-40(14-12-35)32(43)27-20-41(33(3,4)5)19-26(27)24-10-9-23(37)16-31(24)38/h9-10,15-17,26-27,29H,11-14,18-20H2,1-8H3/t26-,27+,29-/m0/s1. The largest absolute Gasteiger partial charge is 0.342 e. The number of nitrogens with zero attached hydrogens (tertiary/aromatic N) is 3. The first-order chi connectivity index (χ1) is 20.0. The van der Waals surface area contributed by atoms with Gasteiger partial charge in [0.1, 0.15) is 11.6 Å². The molecule has 2 amide bonds. The first kappa shape index (κ1) is 31.9. The molecule has 2 fully saturated rings. The molecule has 0 radical (unpaired) electrons. The minimum absolute atomic E-state index is 0.0270. The minimum atomic E-state index is -0.611. The molecule has 1 spiro atoms. The predicted octanol–water partition coefficient (Wildman–Crippen LogP) is 7.05. The minimum Gasteiger partial charge on any atom is -0.342 e. The number of amides is 2. The lowest BCUT2D eigenvalue weighted by molar-refractivity contribution is -0.138. The lowest BCUT2D eigenvalue weighted by Crippen LogP contribution is -2.50. The summed E-state index contributed by atoms with van der Waals surface area (Å²) in [6, 6.07) is 8.05. The van der Waals surface area contributed by atoms with Crippen molar-refractivity contribution in [2.24, 2.45) is 5.92 Å². The number of carbonyl (C=O) groups excluding carboxylic acids is 2. The van der Waals surface area contributed by atoms with Crippen LogP contribution in [0.25, 0.3) is 0 Å². The van der Waals surface area contributed by atoms with Gasteiger partial charge < -0.3 is 9.80 Å². The lowest BCUT2D eigenvalue weighted by Gasteiger charge is -2.44. The van der Waals surface area contributed by atoms with Crippen LogP contribution in [0.15, 0.2) is 30.3 Å². The average molecular weight is 614 g/mol. The zero-order valence-electron chi connectivity index (χ0n) is 26.9. The van der Waals surface area contributed by atoms with Crippen LogP contribution in [0.1, 0.15) is 94.9 Å². The Balaban J connectivity index is 1.42. The highest BCUT2D eigenvalue weighted by molar-refractivity contribution is 6.31. The van der Waals surface area contributed by atoms with Crippen molar-refractivity contribution in [2.75, 3.05) is 33.2 Å². The maximum Gasteiger partial charge on any atom is 0.227 e. The van der Waals surface area contributed by atoms with E-state index in [1.165, 1.54) is 23.3 Å². The summed E-state index contributed by atoms with van der Waals surface area (Å²) in [5, 5.41) is 0.735. The number of hydrogen-bond acceptors (Lipinski definition) is 3.